The van der Waals surface area contributed by atoms with Gasteiger partial charge in [-0.05, 0) is 34.5 Å². The largest absolute Gasteiger partial charge is 0.336 e. The second kappa shape index (κ2) is 6.56. The number of hydrogen-bond donors (Lipinski definition) is 0. The molecule has 21 heavy (non-hydrogen) atoms. The molecule has 3 heterocycles. The quantitative estimate of drug-likeness (QED) is 0.816. The predicted octanol–water partition coefficient (Wildman–Crippen LogP) is 2.75. The lowest BCUT2D eigenvalue weighted by Crippen LogP contribution is -2.48. The van der Waals surface area contributed by atoms with Gasteiger partial charge >= 0.3 is 0 Å². The standard InChI is InChI=1S/C15H16ClN3OS/c16-14-13(2-1-4-17-14)15(20)19-7-5-18(6-8-19)10-12-3-9-21-11-12/h1-4,9,11H,5-8,10H2. The van der Waals surface area contributed by atoms with E-state index in [2.05, 4.69) is 26.7 Å². The van der Waals surface area contributed by atoms with Crippen LogP contribution in [0.4, 0.5) is 0 Å². The molecule has 0 spiro atoms. The average Bonchev–Trinajstić information content (AvgIpc) is 3.01. The van der Waals surface area contributed by atoms with Gasteiger partial charge in [0.15, 0.2) is 0 Å². The smallest absolute Gasteiger partial charge is 0.257 e. The van der Waals surface area contributed by atoms with Crippen LogP contribution in [-0.4, -0.2) is 46.9 Å². The van der Waals surface area contributed by atoms with Crippen LogP contribution in [0, 0.1) is 0 Å². The van der Waals surface area contributed by atoms with Gasteiger partial charge in [-0.3, -0.25) is 9.69 Å². The molecule has 0 atom stereocenters. The Hall–Kier alpha value is -1.43. The molecule has 2 aromatic heterocycles. The number of carbonyl (C=O) groups excluding carboxylic acids is 1. The van der Waals surface area contributed by atoms with Crippen LogP contribution >= 0.6 is 22.9 Å². The number of rotatable bonds is 3. The lowest BCUT2D eigenvalue weighted by atomic mass is 10.2. The molecule has 110 valence electrons. The Balaban J connectivity index is 1.58. The predicted molar refractivity (Wildman–Crippen MR) is 84.7 cm³/mol. The topological polar surface area (TPSA) is 36.4 Å². The summed E-state index contributed by atoms with van der Waals surface area (Å²) < 4.78 is 0. The molecular formula is C15H16ClN3OS. The van der Waals surface area contributed by atoms with E-state index in [1.54, 1.807) is 29.7 Å². The van der Waals surface area contributed by atoms with Gasteiger partial charge in [0.1, 0.15) is 5.15 Å². The van der Waals surface area contributed by atoms with Crippen LogP contribution in [-0.2, 0) is 6.54 Å². The second-order valence-corrected chi connectivity index (χ2v) is 6.18. The Kier molecular flexibility index (Phi) is 4.53. The van der Waals surface area contributed by atoms with Crippen LogP contribution in [0.15, 0.2) is 35.2 Å². The van der Waals surface area contributed by atoms with Crippen molar-refractivity contribution in [2.45, 2.75) is 6.54 Å². The van der Waals surface area contributed by atoms with Crippen molar-refractivity contribution in [1.29, 1.82) is 0 Å². The number of amides is 1. The lowest BCUT2D eigenvalue weighted by molar-refractivity contribution is 0.0628. The Bertz CT molecular complexity index is 609. The van der Waals surface area contributed by atoms with Crippen LogP contribution in [0.2, 0.25) is 5.15 Å². The van der Waals surface area contributed by atoms with Crippen molar-refractivity contribution >= 4 is 28.8 Å². The van der Waals surface area contributed by atoms with Gasteiger partial charge in [0.05, 0.1) is 5.56 Å². The summed E-state index contributed by atoms with van der Waals surface area (Å²) in [4.78, 5) is 20.6. The summed E-state index contributed by atoms with van der Waals surface area (Å²) in [5.41, 5.74) is 1.83. The van der Waals surface area contributed by atoms with E-state index in [4.69, 9.17) is 11.6 Å². The van der Waals surface area contributed by atoms with Crippen molar-refractivity contribution in [3.05, 3.63) is 51.4 Å². The Morgan fingerprint density at radius 3 is 2.76 bits per heavy atom. The SMILES string of the molecule is O=C(c1cccnc1Cl)N1CCN(Cc2ccsc2)CC1. The zero-order valence-corrected chi connectivity index (χ0v) is 13.1. The number of pyridine rings is 1. The van der Waals surface area contributed by atoms with E-state index in [-0.39, 0.29) is 11.1 Å². The third-order valence-electron chi connectivity index (χ3n) is 3.64. The van der Waals surface area contributed by atoms with Gasteiger partial charge in [0, 0.05) is 38.9 Å². The van der Waals surface area contributed by atoms with E-state index >= 15 is 0 Å². The van der Waals surface area contributed by atoms with Crippen molar-refractivity contribution in [2.24, 2.45) is 0 Å². The van der Waals surface area contributed by atoms with E-state index in [1.807, 2.05) is 4.90 Å². The van der Waals surface area contributed by atoms with Gasteiger partial charge in [0.25, 0.3) is 5.91 Å². The van der Waals surface area contributed by atoms with Gasteiger partial charge in [-0.1, -0.05) is 11.6 Å². The van der Waals surface area contributed by atoms with Crippen molar-refractivity contribution in [2.75, 3.05) is 26.2 Å². The van der Waals surface area contributed by atoms with Gasteiger partial charge in [-0.15, -0.1) is 0 Å². The normalized spacial score (nSPS) is 16.1. The molecule has 0 bridgehead atoms. The molecule has 0 N–H and O–H groups in total. The summed E-state index contributed by atoms with van der Waals surface area (Å²) in [7, 11) is 0. The van der Waals surface area contributed by atoms with Crippen LogP contribution in [0.1, 0.15) is 15.9 Å². The molecule has 0 aromatic carbocycles. The average molecular weight is 322 g/mol. The van der Waals surface area contributed by atoms with Crippen molar-refractivity contribution in [3.8, 4) is 0 Å². The molecule has 1 fully saturated rings. The van der Waals surface area contributed by atoms with Gasteiger partial charge in [-0.25, -0.2) is 4.98 Å². The summed E-state index contributed by atoms with van der Waals surface area (Å²) in [5.74, 6) is -0.0247. The molecule has 1 aliphatic heterocycles. The first-order valence-corrected chi connectivity index (χ1v) is 8.19. The van der Waals surface area contributed by atoms with Gasteiger partial charge in [0.2, 0.25) is 0 Å². The van der Waals surface area contributed by atoms with E-state index < -0.39 is 0 Å². The summed E-state index contributed by atoms with van der Waals surface area (Å²) >= 11 is 7.71. The van der Waals surface area contributed by atoms with E-state index in [0.717, 1.165) is 32.7 Å². The number of thiophene rings is 1. The highest BCUT2D eigenvalue weighted by molar-refractivity contribution is 7.07. The number of piperazine rings is 1. The third kappa shape index (κ3) is 3.43. The van der Waals surface area contributed by atoms with Crippen LogP contribution in [0.5, 0.6) is 0 Å². The maximum atomic E-state index is 12.4. The van der Waals surface area contributed by atoms with Crippen molar-refractivity contribution in [1.82, 2.24) is 14.8 Å². The summed E-state index contributed by atoms with van der Waals surface area (Å²) in [6, 6.07) is 5.62. The summed E-state index contributed by atoms with van der Waals surface area (Å²) in [6.45, 7) is 4.19. The lowest BCUT2D eigenvalue weighted by Gasteiger charge is -2.34. The molecule has 1 amide bonds. The van der Waals surface area contributed by atoms with Crippen LogP contribution in [0.25, 0.3) is 0 Å². The molecule has 3 rings (SSSR count). The van der Waals surface area contributed by atoms with E-state index in [1.165, 1.54) is 5.56 Å². The molecule has 4 nitrogen and oxygen atoms in total. The molecule has 2 aromatic rings. The molecule has 0 aliphatic carbocycles. The fourth-order valence-corrected chi connectivity index (χ4v) is 3.33. The van der Waals surface area contributed by atoms with Crippen LogP contribution in [0.3, 0.4) is 0 Å². The number of halogens is 1. The van der Waals surface area contributed by atoms with Crippen LogP contribution < -0.4 is 0 Å². The van der Waals surface area contributed by atoms with Gasteiger partial charge < -0.3 is 4.90 Å². The highest BCUT2D eigenvalue weighted by Gasteiger charge is 2.23. The molecule has 0 saturated carbocycles. The molecule has 1 aliphatic rings. The highest BCUT2D eigenvalue weighted by Crippen LogP contribution is 2.17. The number of aromatic nitrogens is 1. The highest BCUT2D eigenvalue weighted by atomic mass is 35.5. The number of hydrogen-bond acceptors (Lipinski definition) is 4. The minimum Gasteiger partial charge on any atom is -0.336 e. The Morgan fingerprint density at radius 1 is 1.29 bits per heavy atom. The fourth-order valence-electron chi connectivity index (χ4n) is 2.47. The van der Waals surface area contributed by atoms with Gasteiger partial charge in [-0.2, -0.15) is 11.3 Å². The van der Waals surface area contributed by atoms with Crippen molar-refractivity contribution in [3.63, 3.8) is 0 Å². The second-order valence-electron chi connectivity index (χ2n) is 5.04. The Morgan fingerprint density at radius 2 is 2.10 bits per heavy atom. The minimum absolute atomic E-state index is 0.0247. The number of nitrogens with zero attached hydrogens (tertiary/aromatic N) is 3. The first-order valence-electron chi connectivity index (χ1n) is 6.87. The monoisotopic (exact) mass is 321 g/mol. The molecular weight excluding hydrogens is 306 g/mol. The Labute approximate surface area is 133 Å². The molecule has 6 heteroatoms. The minimum atomic E-state index is -0.0247. The molecule has 0 radical (unpaired) electrons. The van der Waals surface area contributed by atoms with E-state index in [9.17, 15) is 4.79 Å². The zero-order valence-electron chi connectivity index (χ0n) is 11.5. The third-order valence-corrected chi connectivity index (χ3v) is 4.67. The maximum Gasteiger partial charge on any atom is 0.257 e. The first-order chi connectivity index (χ1) is 10.2. The fraction of sp³-hybridized carbons (Fsp3) is 0.333. The summed E-state index contributed by atoms with van der Waals surface area (Å²) in [5, 5.41) is 4.55. The van der Waals surface area contributed by atoms with Crippen molar-refractivity contribution < 1.29 is 4.79 Å². The number of carbonyl (C=O) groups is 1. The molecule has 0 unspecified atom stereocenters. The van der Waals surface area contributed by atoms with E-state index in [0.29, 0.717) is 5.56 Å². The maximum absolute atomic E-state index is 12.4. The summed E-state index contributed by atoms with van der Waals surface area (Å²) in [6.07, 6.45) is 1.60. The first kappa shape index (κ1) is 14.5. The zero-order chi connectivity index (χ0) is 14.7. The molecule has 1 saturated heterocycles.